The Labute approximate surface area is 155 Å². The van der Waals surface area contributed by atoms with Gasteiger partial charge in [0.15, 0.2) is 5.79 Å². The molecule has 1 aromatic rings. The second-order valence-corrected chi connectivity index (χ2v) is 8.11. The minimum absolute atomic E-state index is 0.00193. The van der Waals surface area contributed by atoms with Gasteiger partial charge in [-0.05, 0) is 18.2 Å². The Kier molecular flexibility index (Phi) is 4.66. The number of nitrogens with one attached hydrogen (secondary N) is 1. The van der Waals surface area contributed by atoms with Crippen LogP contribution in [0.25, 0.3) is 0 Å². The Hall–Kier alpha value is -1.28. The van der Waals surface area contributed by atoms with Crippen LogP contribution in [-0.4, -0.2) is 54.1 Å². The van der Waals surface area contributed by atoms with E-state index in [1.54, 1.807) is 12.1 Å². The lowest BCUT2D eigenvalue weighted by atomic mass is 10.0. The monoisotopic (exact) mass is 382 g/mol. The molecule has 1 N–H and O–H groups in total. The van der Waals surface area contributed by atoms with Crippen LogP contribution in [0.2, 0.25) is 5.02 Å². The summed E-state index contributed by atoms with van der Waals surface area (Å²) in [6, 6.07) is 5.39. The van der Waals surface area contributed by atoms with Crippen molar-refractivity contribution in [2.75, 3.05) is 31.6 Å². The first kappa shape index (κ1) is 17.1. The third kappa shape index (κ3) is 3.51. The van der Waals surface area contributed by atoms with Crippen molar-refractivity contribution in [1.82, 2.24) is 4.90 Å². The van der Waals surface area contributed by atoms with Gasteiger partial charge in [-0.1, -0.05) is 11.6 Å². The average molecular weight is 383 g/mol. The van der Waals surface area contributed by atoms with Crippen molar-refractivity contribution in [3.05, 3.63) is 23.2 Å². The summed E-state index contributed by atoms with van der Waals surface area (Å²) in [5, 5.41) is 3.00. The number of hydrogen-bond acceptors (Lipinski definition) is 5. The maximum atomic E-state index is 12.6. The molecule has 3 heterocycles. The zero-order valence-electron chi connectivity index (χ0n) is 13.6. The maximum Gasteiger partial charge on any atom is 0.238 e. The first-order valence-corrected chi connectivity index (χ1v) is 9.63. The van der Waals surface area contributed by atoms with E-state index in [0.717, 1.165) is 4.90 Å². The van der Waals surface area contributed by atoms with Gasteiger partial charge in [0, 0.05) is 42.3 Å². The lowest BCUT2D eigenvalue weighted by molar-refractivity contribution is -0.187. The van der Waals surface area contributed by atoms with Gasteiger partial charge in [-0.25, -0.2) is 0 Å². The normalized spacial score (nSPS) is 24.9. The SMILES string of the molecule is O=C1Nc2cc(Cl)ccc2SC1CC(=O)N1CCC2(CC1)OCCO2. The smallest absolute Gasteiger partial charge is 0.238 e. The van der Waals surface area contributed by atoms with E-state index >= 15 is 0 Å². The average Bonchev–Trinajstić information content (AvgIpc) is 3.04. The topological polar surface area (TPSA) is 67.9 Å². The fourth-order valence-corrected chi connectivity index (χ4v) is 4.68. The van der Waals surface area contributed by atoms with E-state index in [9.17, 15) is 9.59 Å². The van der Waals surface area contributed by atoms with Gasteiger partial charge in [0.05, 0.1) is 24.2 Å². The molecule has 1 unspecified atom stereocenters. The summed E-state index contributed by atoms with van der Waals surface area (Å²) in [5.74, 6) is -0.645. The number of amides is 2. The Morgan fingerprint density at radius 2 is 2.04 bits per heavy atom. The van der Waals surface area contributed by atoms with Crippen LogP contribution in [0.1, 0.15) is 19.3 Å². The summed E-state index contributed by atoms with van der Waals surface area (Å²) < 4.78 is 11.4. The number of fused-ring (bicyclic) bond motifs is 1. The van der Waals surface area contributed by atoms with Crippen LogP contribution in [0.5, 0.6) is 0 Å². The molecule has 2 amide bonds. The number of rotatable bonds is 2. The molecule has 3 aliphatic heterocycles. The number of carbonyl (C=O) groups excluding carboxylic acids is 2. The summed E-state index contributed by atoms with van der Waals surface area (Å²) in [7, 11) is 0. The molecule has 0 bridgehead atoms. The van der Waals surface area contributed by atoms with Crippen molar-refractivity contribution in [3.8, 4) is 0 Å². The molecule has 1 atom stereocenters. The zero-order valence-corrected chi connectivity index (χ0v) is 15.2. The molecule has 2 saturated heterocycles. The van der Waals surface area contributed by atoms with E-state index in [2.05, 4.69) is 5.32 Å². The highest BCUT2D eigenvalue weighted by molar-refractivity contribution is 8.01. The Balaban J connectivity index is 1.36. The number of hydrogen-bond donors (Lipinski definition) is 1. The van der Waals surface area contributed by atoms with Gasteiger partial charge in [0.1, 0.15) is 0 Å². The van der Waals surface area contributed by atoms with Crippen LogP contribution < -0.4 is 5.32 Å². The molecular weight excluding hydrogens is 364 g/mol. The maximum absolute atomic E-state index is 12.6. The van der Waals surface area contributed by atoms with Crippen LogP contribution >= 0.6 is 23.4 Å². The van der Waals surface area contributed by atoms with E-state index in [-0.39, 0.29) is 18.2 Å². The molecule has 1 aromatic carbocycles. The van der Waals surface area contributed by atoms with Gasteiger partial charge in [-0.3, -0.25) is 9.59 Å². The summed E-state index contributed by atoms with van der Waals surface area (Å²) >= 11 is 7.37. The van der Waals surface area contributed by atoms with Crippen molar-refractivity contribution in [3.63, 3.8) is 0 Å². The van der Waals surface area contributed by atoms with E-state index < -0.39 is 11.0 Å². The van der Waals surface area contributed by atoms with E-state index in [0.29, 0.717) is 49.9 Å². The number of carbonyl (C=O) groups is 2. The minimum Gasteiger partial charge on any atom is -0.347 e. The number of likely N-dealkylation sites (tertiary alicyclic amines) is 1. The predicted octanol–water partition coefficient (Wildman–Crippen LogP) is 2.51. The summed E-state index contributed by atoms with van der Waals surface area (Å²) in [4.78, 5) is 27.7. The van der Waals surface area contributed by atoms with E-state index in [4.69, 9.17) is 21.1 Å². The third-order valence-electron chi connectivity index (χ3n) is 4.81. The van der Waals surface area contributed by atoms with Crippen molar-refractivity contribution in [2.45, 2.75) is 35.2 Å². The molecule has 1 spiro atoms. The number of anilines is 1. The highest BCUT2D eigenvalue weighted by Gasteiger charge is 2.41. The summed E-state index contributed by atoms with van der Waals surface area (Å²) in [6.07, 6.45) is 1.56. The minimum atomic E-state index is -0.494. The standard InChI is InChI=1S/C17H19ClN2O4S/c18-11-1-2-13-12(9-11)19-16(22)14(25-13)10-15(21)20-5-3-17(4-6-20)23-7-8-24-17/h1-2,9,14H,3-8,10H2,(H,19,22). The molecule has 8 heteroatoms. The largest absolute Gasteiger partial charge is 0.347 e. The van der Waals surface area contributed by atoms with Crippen LogP contribution in [-0.2, 0) is 19.1 Å². The fraction of sp³-hybridized carbons (Fsp3) is 0.529. The highest BCUT2D eigenvalue weighted by atomic mass is 35.5. The van der Waals surface area contributed by atoms with Gasteiger partial charge in [0.25, 0.3) is 0 Å². The van der Waals surface area contributed by atoms with E-state index in [1.807, 2.05) is 11.0 Å². The first-order valence-electron chi connectivity index (χ1n) is 8.37. The summed E-state index contributed by atoms with van der Waals surface area (Å²) in [6.45, 7) is 2.45. The summed E-state index contributed by atoms with van der Waals surface area (Å²) in [5.41, 5.74) is 0.710. The van der Waals surface area contributed by atoms with Crippen molar-refractivity contribution in [1.29, 1.82) is 0 Å². The Morgan fingerprint density at radius 3 is 2.76 bits per heavy atom. The van der Waals surface area contributed by atoms with Crippen LogP contribution in [0, 0.1) is 0 Å². The Morgan fingerprint density at radius 1 is 1.32 bits per heavy atom. The van der Waals surface area contributed by atoms with Gasteiger partial charge in [0.2, 0.25) is 11.8 Å². The molecule has 25 heavy (non-hydrogen) atoms. The number of thioether (sulfide) groups is 1. The number of halogens is 1. The second-order valence-electron chi connectivity index (χ2n) is 6.43. The molecule has 0 aromatic heterocycles. The van der Waals surface area contributed by atoms with Crippen molar-refractivity contribution in [2.24, 2.45) is 0 Å². The molecule has 2 fully saturated rings. The molecule has 4 rings (SSSR count). The van der Waals surface area contributed by atoms with Gasteiger partial charge in [-0.2, -0.15) is 0 Å². The van der Waals surface area contributed by atoms with Crippen molar-refractivity contribution < 1.29 is 19.1 Å². The molecule has 134 valence electrons. The molecule has 6 nitrogen and oxygen atoms in total. The third-order valence-corrected chi connectivity index (χ3v) is 6.32. The van der Waals surface area contributed by atoms with Gasteiger partial charge in [-0.15, -0.1) is 11.8 Å². The number of benzene rings is 1. The molecule has 0 radical (unpaired) electrons. The molecule has 0 saturated carbocycles. The molecule has 3 aliphatic rings. The molecule has 0 aliphatic carbocycles. The lowest BCUT2D eigenvalue weighted by Crippen LogP contribution is -2.48. The fourth-order valence-electron chi connectivity index (χ4n) is 3.43. The first-order chi connectivity index (χ1) is 12.0. The van der Waals surface area contributed by atoms with Crippen LogP contribution in [0.4, 0.5) is 5.69 Å². The van der Waals surface area contributed by atoms with Crippen LogP contribution in [0.3, 0.4) is 0 Å². The highest BCUT2D eigenvalue weighted by Crippen LogP contribution is 2.39. The predicted molar refractivity (Wildman–Crippen MR) is 94.8 cm³/mol. The van der Waals surface area contributed by atoms with Crippen LogP contribution in [0.15, 0.2) is 23.1 Å². The van der Waals surface area contributed by atoms with Crippen molar-refractivity contribution >= 4 is 40.9 Å². The zero-order chi connectivity index (χ0) is 17.4. The number of ether oxygens (including phenoxy) is 2. The number of nitrogens with zero attached hydrogens (tertiary/aromatic N) is 1. The Bertz CT molecular complexity index is 698. The second kappa shape index (κ2) is 6.79. The van der Waals surface area contributed by atoms with Gasteiger partial charge < -0.3 is 19.7 Å². The quantitative estimate of drug-likeness (QED) is 0.851. The lowest BCUT2D eigenvalue weighted by Gasteiger charge is -2.38. The molecular formula is C17H19ClN2O4S. The number of piperidine rings is 1. The van der Waals surface area contributed by atoms with Gasteiger partial charge >= 0.3 is 0 Å². The van der Waals surface area contributed by atoms with E-state index in [1.165, 1.54) is 11.8 Å².